The molecule has 6 heteroatoms. The lowest BCUT2D eigenvalue weighted by Crippen LogP contribution is -2.34. The summed E-state index contributed by atoms with van der Waals surface area (Å²) in [5, 5.41) is 13.3. The Morgan fingerprint density at radius 2 is 2.00 bits per heavy atom. The van der Waals surface area contributed by atoms with Gasteiger partial charge in [-0.05, 0) is 30.0 Å². The number of hydrogen-bond acceptors (Lipinski definition) is 3. The van der Waals surface area contributed by atoms with Crippen LogP contribution in [0, 0.1) is 12.7 Å². The zero-order chi connectivity index (χ0) is 14.7. The molecular weight excluding hydrogens is 281 g/mol. The molecule has 0 radical (unpaired) electrons. The maximum Gasteiger partial charge on any atom is 0.331 e. The zero-order valence-electron chi connectivity index (χ0n) is 10.6. The van der Waals surface area contributed by atoms with Crippen LogP contribution in [0.25, 0.3) is 0 Å². The molecule has 1 aromatic carbocycles. The van der Waals surface area contributed by atoms with Crippen molar-refractivity contribution in [2.24, 2.45) is 0 Å². The number of thiophene rings is 1. The molecule has 0 unspecified atom stereocenters. The number of carbonyl (C=O) groups excluding carboxylic acids is 1. The summed E-state index contributed by atoms with van der Waals surface area (Å²) in [6, 6.07) is 5.84. The lowest BCUT2D eigenvalue weighted by molar-refractivity contribution is -0.139. The highest BCUT2D eigenvalue weighted by Crippen LogP contribution is 2.20. The summed E-state index contributed by atoms with van der Waals surface area (Å²) in [5.41, 5.74) is 0.688. The molecule has 2 rings (SSSR count). The first-order valence-corrected chi connectivity index (χ1v) is 6.71. The van der Waals surface area contributed by atoms with Crippen molar-refractivity contribution in [2.45, 2.75) is 13.0 Å². The fraction of sp³-hybridized carbons (Fsp3) is 0.143. The summed E-state index contributed by atoms with van der Waals surface area (Å²) in [5.74, 6) is -2.49. The summed E-state index contributed by atoms with van der Waals surface area (Å²) in [4.78, 5) is 23.7. The van der Waals surface area contributed by atoms with Crippen LogP contribution in [0.3, 0.4) is 0 Å². The predicted octanol–water partition coefficient (Wildman–Crippen LogP) is 2.75. The third kappa shape index (κ3) is 2.85. The van der Waals surface area contributed by atoms with Crippen molar-refractivity contribution in [1.29, 1.82) is 0 Å². The topological polar surface area (TPSA) is 66.4 Å². The highest BCUT2D eigenvalue weighted by Gasteiger charge is 2.26. The first-order valence-electron chi connectivity index (χ1n) is 5.83. The molecule has 0 fully saturated rings. The van der Waals surface area contributed by atoms with E-state index in [1.54, 1.807) is 18.4 Å². The fourth-order valence-corrected chi connectivity index (χ4v) is 2.61. The van der Waals surface area contributed by atoms with Gasteiger partial charge >= 0.3 is 5.97 Å². The Bertz CT molecular complexity index is 653. The van der Waals surface area contributed by atoms with E-state index in [0.29, 0.717) is 4.88 Å². The lowest BCUT2D eigenvalue weighted by atomic mass is 10.1. The SMILES string of the molecule is Cc1ccsc1C(=O)N[C@H](C(=O)O)c1ccccc1F. The van der Waals surface area contributed by atoms with E-state index in [4.69, 9.17) is 0 Å². The quantitative estimate of drug-likeness (QED) is 0.911. The van der Waals surface area contributed by atoms with Gasteiger partial charge in [0.1, 0.15) is 5.82 Å². The molecule has 20 heavy (non-hydrogen) atoms. The Labute approximate surface area is 118 Å². The van der Waals surface area contributed by atoms with E-state index in [0.717, 1.165) is 11.6 Å². The number of hydrogen-bond donors (Lipinski definition) is 2. The van der Waals surface area contributed by atoms with E-state index < -0.39 is 23.7 Å². The molecule has 1 amide bonds. The van der Waals surface area contributed by atoms with Gasteiger partial charge in [0, 0.05) is 5.56 Å². The predicted molar refractivity (Wildman–Crippen MR) is 73.3 cm³/mol. The average Bonchev–Trinajstić information content (AvgIpc) is 2.83. The minimum Gasteiger partial charge on any atom is -0.479 e. The maximum absolute atomic E-state index is 13.7. The van der Waals surface area contributed by atoms with Crippen LogP contribution in [0.15, 0.2) is 35.7 Å². The Hall–Kier alpha value is -2.21. The second kappa shape index (κ2) is 5.83. The molecule has 0 spiro atoms. The molecule has 0 aliphatic carbocycles. The van der Waals surface area contributed by atoms with E-state index >= 15 is 0 Å². The monoisotopic (exact) mass is 293 g/mol. The summed E-state index contributed by atoms with van der Waals surface area (Å²) in [6.45, 7) is 1.75. The first-order chi connectivity index (χ1) is 9.50. The van der Waals surface area contributed by atoms with Crippen LogP contribution >= 0.6 is 11.3 Å². The summed E-state index contributed by atoms with van der Waals surface area (Å²) in [7, 11) is 0. The Kier molecular flexibility index (Phi) is 4.14. The van der Waals surface area contributed by atoms with Gasteiger partial charge in [0.2, 0.25) is 0 Å². The number of aliphatic carboxylic acids is 1. The van der Waals surface area contributed by atoms with Crippen LogP contribution in [0.5, 0.6) is 0 Å². The van der Waals surface area contributed by atoms with E-state index in [-0.39, 0.29) is 5.56 Å². The molecule has 0 aliphatic heterocycles. The number of amides is 1. The summed E-state index contributed by atoms with van der Waals surface area (Å²) in [6.07, 6.45) is 0. The molecule has 1 heterocycles. The number of nitrogens with one attached hydrogen (secondary N) is 1. The highest BCUT2D eigenvalue weighted by molar-refractivity contribution is 7.12. The number of carboxylic acid groups (broad SMARTS) is 1. The average molecular weight is 293 g/mol. The standard InChI is InChI=1S/C14H12FNO3S/c1-8-6-7-20-12(8)13(17)16-11(14(18)19)9-4-2-3-5-10(9)15/h2-7,11H,1H3,(H,16,17)(H,18,19)/t11-/m0/s1. The minimum atomic E-state index is -1.41. The molecular formula is C14H12FNO3S. The zero-order valence-corrected chi connectivity index (χ0v) is 11.4. The van der Waals surface area contributed by atoms with E-state index in [1.165, 1.54) is 29.5 Å². The largest absolute Gasteiger partial charge is 0.479 e. The van der Waals surface area contributed by atoms with Crippen molar-refractivity contribution in [1.82, 2.24) is 5.32 Å². The fourth-order valence-electron chi connectivity index (χ4n) is 1.78. The smallest absolute Gasteiger partial charge is 0.331 e. The number of rotatable bonds is 4. The van der Waals surface area contributed by atoms with Crippen molar-refractivity contribution in [2.75, 3.05) is 0 Å². The molecule has 0 saturated carbocycles. The normalized spacial score (nSPS) is 11.9. The van der Waals surface area contributed by atoms with Crippen LogP contribution in [0.1, 0.15) is 26.8 Å². The number of aryl methyl sites for hydroxylation is 1. The van der Waals surface area contributed by atoms with Gasteiger partial charge in [-0.1, -0.05) is 18.2 Å². The van der Waals surface area contributed by atoms with Crippen molar-refractivity contribution in [3.8, 4) is 0 Å². The molecule has 2 aromatic rings. The number of carbonyl (C=O) groups is 2. The van der Waals surface area contributed by atoms with Crippen LogP contribution in [0.2, 0.25) is 0 Å². The highest BCUT2D eigenvalue weighted by atomic mass is 32.1. The van der Waals surface area contributed by atoms with E-state index in [9.17, 15) is 19.1 Å². The van der Waals surface area contributed by atoms with Crippen molar-refractivity contribution in [3.05, 3.63) is 57.5 Å². The van der Waals surface area contributed by atoms with E-state index in [2.05, 4.69) is 5.32 Å². The molecule has 0 aliphatic rings. The summed E-state index contributed by atoms with van der Waals surface area (Å²) < 4.78 is 13.7. The lowest BCUT2D eigenvalue weighted by Gasteiger charge is -2.15. The van der Waals surface area contributed by atoms with E-state index in [1.807, 2.05) is 0 Å². The molecule has 1 aromatic heterocycles. The second-order valence-corrected chi connectivity index (χ2v) is 5.12. The second-order valence-electron chi connectivity index (χ2n) is 4.20. The van der Waals surface area contributed by atoms with Crippen LogP contribution in [-0.2, 0) is 4.79 Å². The van der Waals surface area contributed by atoms with Crippen molar-refractivity contribution < 1.29 is 19.1 Å². The number of carboxylic acids is 1. The van der Waals surface area contributed by atoms with Gasteiger partial charge in [0.25, 0.3) is 5.91 Å². The van der Waals surface area contributed by atoms with Gasteiger partial charge in [-0.3, -0.25) is 4.79 Å². The van der Waals surface area contributed by atoms with Crippen LogP contribution in [0.4, 0.5) is 4.39 Å². The number of benzene rings is 1. The minimum absolute atomic E-state index is 0.0671. The molecule has 0 bridgehead atoms. The molecule has 1 atom stereocenters. The van der Waals surface area contributed by atoms with Crippen LogP contribution < -0.4 is 5.32 Å². The van der Waals surface area contributed by atoms with Gasteiger partial charge < -0.3 is 10.4 Å². The summed E-state index contributed by atoms with van der Waals surface area (Å²) >= 11 is 1.21. The Morgan fingerprint density at radius 3 is 2.55 bits per heavy atom. The van der Waals surface area contributed by atoms with Gasteiger partial charge in [0.05, 0.1) is 4.88 Å². The molecule has 4 nitrogen and oxygen atoms in total. The third-order valence-corrected chi connectivity index (χ3v) is 3.82. The van der Waals surface area contributed by atoms with Gasteiger partial charge in [-0.15, -0.1) is 11.3 Å². The Morgan fingerprint density at radius 1 is 1.30 bits per heavy atom. The molecule has 2 N–H and O–H groups in total. The van der Waals surface area contributed by atoms with Crippen molar-refractivity contribution >= 4 is 23.2 Å². The Balaban J connectivity index is 2.28. The molecule has 104 valence electrons. The van der Waals surface area contributed by atoms with Gasteiger partial charge in [0.15, 0.2) is 6.04 Å². The van der Waals surface area contributed by atoms with Crippen molar-refractivity contribution in [3.63, 3.8) is 0 Å². The number of halogens is 1. The molecule has 0 saturated heterocycles. The first kappa shape index (κ1) is 14.2. The maximum atomic E-state index is 13.7. The van der Waals surface area contributed by atoms with Gasteiger partial charge in [-0.2, -0.15) is 0 Å². The van der Waals surface area contributed by atoms with Crippen LogP contribution in [-0.4, -0.2) is 17.0 Å². The van der Waals surface area contributed by atoms with Gasteiger partial charge in [-0.25, -0.2) is 9.18 Å². The third-order valence-electron chi connectivity index (χ3n) is 2.81.